The van der Waals surface area contributed by atoms with Gasteiger partial charge in [0.1, 0.15) is 29.9 Å². The lowest BCUT2D eigenvalue weighted by Crippen LogP contribution is -2.39. The van der Waals surface area contributed by atoms with Crippen LogP contribution in [0.2, 0.25) is 0 Å². The van der Waals surface area contributed by atoms with Crippen molar-refractivity contribution in [2.75, 3.05) is 0 Å². The van der Waals surface area contributed by atoms with Gasteiger partial charge in [-0.3, -0.25) is 0 Å². The maximum absolute atomic E-state index is 14.4. The van der Waals surface area contributed by atoms with Gasteiger partial charge >= 0.3 is 0 Å². The van der Waals surface area contributed by atoms with Crippen LogP contribution in [0.3, 0.4) is 0 Å². The number of nitrogens with zero attached hydrogens (tertiary/aromatic N) is 6. The molecular formula is C16H17F3N6O. The summed E-state index contributed by atoms with van der Waals surface area (Å²) in [4.78, 5) is 7.40. The minimum Gasteiger partial charge on any atom is -0.382 e. The summed E-state index contributed by atoms with van der Waals surface area (Å²) in [6.45, 7) is 1.17. The van der Waals surface area contributed by atoms with E-state index in [9.17, 15) is 18.3 Å². The van der Waals surface area contributed by atoms with Gasteiger partial charge < -0.3 is 5.11 Å². The van der Waals surface area contributed by atoms with Gasteiger partial charge in [0.05, 0.1) is 18.4 Å². The Kier molecular flexibility index (Phi) is 5.66. The summed E-state index contributed by atoms with van der Waals surface area (Å²) in [6.07, 6.45) is 3.28. The van der Waals surface area contributed by atoms with Crippen LogP contribution < -0.4 is 0 Å². The van der Waals surface area contributed by atoms with Crippen LogP contribution in [0.15, 0.2) is 37.1 Å². The van der Waals surface area contributed by atoms with Crippen molar-refractivity contribution in [3.05, 3.63) is 65.8 Å². The number of hydrogen-bond acceptors (Lipinski definition) is 6. The molecule has 0 aliphatic heterocycles. The number of aliphatic hydroxyl groups is 1. The molecule has 3 rings (SSSR count). The maximum Gasteiger partial charge on any atom is 0.163 e. The average Bonchev–Trinajstić information content (AvgIpc) is 3.07. The standard InChI is InChI=1S/C15H13F3N6O.CH4/c1-9(14-13(18)5-19-7-20-14)15(25,6-24-8-21-22-23-24)11-3-2-10(16)4-12(11)17;/h2-5,7-9,25H,6H2,1H3;1H4/t9-,15+;/m0./s1. The third-order valence-corrected chi connectivity index (χ3v) is 4.01. The SMILES string of the molecule is C.C[C@@H](c1ncncc1F)[C@](O)(Cn1cnnn1)c1ccc(F)cc1F. The van der Waals surface area contributed by atoms with Gasteiger partial charge in [-0.1, -0.05) is 20.4 Å². The van der Waals surface area contributed by atoms with Crippen LogP contribution in [-0.2, 0) is 12.1 Å². The van der Waals surface area contributed by atoms with E-state index >= 15 is 0 Å². The van der Waals surface area contributed by atoms with E-state index in [1.807, 2.05) is 0 Å². The van der Waals surface area contributed by atoms with E-state index < -0.39 is 29.0 Å². The zero-order valence-corrected chi connectivity index (χ0v) is 13.0. The molecule has 0 spiro atoms. The highest BCUT2D eigenvalue weighted by atomic mass is 19.1. The summed E-state index contributed by atoms with van der Waals surface area (Å²) in [5, 5.41) is 21.8. The Balaban J connectivity index is 0.00000243. The number of benzene rings is 1. The van der Waals surface area contributed by atoms with Gasteiger partial charge in [-0.2, -0.15) is 0 Å². The van der Waals surface area contributed by atoms with E-state index in [1.165, 1.54) is 17.9 Å². The lowest BCUT2D eigenvalue weighted by atomic mass is 9.79. The normalized spacial score (nSPS) is 14.3. The van der Waals surface area contributed by atoms with Crippen LogP contribution in [0.25, 0.3) is 0 Å². The number of hydrogen-bond donors (Lipinski definition) is 1. The average molecular weight is 366 g/mol. The summed E-state index contributed by atoms with van der Waals surface area (Å²) in [7, 11) is 0. The molecule has 2 atom stereocenters. The predicted octanol–water partition coefficient (Wildman–Crippen LogP) is 2.21. The van der Waals surface area contributed by atoms with E-state index in [1.54, 1.807) is 0 Å². The Morgan fingerprint density at radius 3 is 2.62 bits per heavy atom. The number of aromatic nitrogens is 6. The second kappa shape index (κ2) is 7.56. The third kappa shape index (κ3) is 3.54. The summed E-state index contributed by atoms with van der Waals surface area (Å²) in [5.41, 5.74) is -2.34. The molecule has 3 aromatic rings. The molecule has 138 valence electrons. The van der Waals surface area contributed by atoms with Crippen molar-refractivity contribution in [2.24, 2.45) is 0 Å². The highest BCUT2D eigenvalue weighted by Gasteiger charge is 2.41. The van der Waals surface area contributed by atoms with Crippen molar-refractivity contribution in [3.8, 4) is 0 Å². The van der Waals surface area contributed by atoms with Gasteiger partial charge in [0.25, 0.3) is 0 Å². The van der Waals surface area contributed by atoms with Gasteiger partial charge in [-0.25, -0.2) is 27.8 Å². The van der Waals surface area contributed by atoms with E-state index in [2.05, 4.69) is 25.5 Å². The molecule has 2 aromatic heterocycles. The van der Waals surface area contributed by atoms with Crippen LogP contribution in [0.5, 0.6) is 0 Å². The largest absolute Gasteiger partial charge is 0.382 e. The molecule has 0 saturated heterocycles. The number of halogens is 3. The lowest BCUT2D eigenvalue weighted by molar-refractivity contribution is -0.0137. The van der Waals surface area contributed by atoms with Gasteiger partial charge in [0.15, 0.2) is 5.82 Å². The maximum atomic E-state index is 14.4. The highest BCUT2D eigenvalue weighted by molar-refractivity contribution is 5.30. The molecule has 10 heteroatoms. The second-order valence-electron chi connectivity index (χ2n) is 5.53. The van der Waals surface area contributed by atoms with Crippen LogP contribution in [0.1, 0.15) is 31.5 Å². The molecule has 0 unspecified atom stereocenters. The van der Waals surface area contributed by atoms with Gasteiger partial charge in [-0.05, 0) is 16.5 Å². The first-order chi connectivity index (χ1) is 11.9. The van der Waals surface area contributed by atoms with Crippen LogP contribution in [0, 0.1) is 17.5 Å². The Bertz CT molecular complexity index is 876. The van der Waals surface area contributed by atoms with Gasteiger partial charge in [-0.15, -0.1) is 5.10 Å². The molecule has 1 N–H and O–H groups in total. The Labute approximate surface area is 147 Å². The molecule has 0 radical (unpaired) electrons. The third-order valence-electron chi connectivity index (χ3n) is 4.01. The summed E-state index contributed by atoms with van der Waals surface area (Å²) in [6, 6.07) is 2.75. The molecule has 0 bridgehead atoms. The van der Waals surface area contributed by atoms with Crippen molar-refractivity contribution in [1.82, 2.24) is 30.2 Å². The van der Waals surface area contributed by atoms with Crippen LogP contribution >= 0.6 is 0 Å². The van der Waals surface area contributed by atoms with Gasteiger partial charge in [0, 0.05) is 17.5 Å². The van der Waals surface area contributed by atoms with Crippen molar-refractivity contribution in [3.63, 3.8) is 0 Å². The lowest BCUT2D eigenvalue weighted by Gasteiger charge is -2.34. The Morgan fingerprint density at radius 2 is 2.00 bits per heavy atom. The molecule has 0 aliphatic carbocycles. The number of tetrazole rings is 1. The summed E-state index contributed by atoms with van der Waals surface area (Å²) < 4.78 is 42.9. The molecule has 0 saturated carbocycles. The van der Waals surface area contributed by atoms with Crippen molar-refractivity contribution >= 4 is 0 Å². The first kappa shape index (κ1) is 19.4. The minimum absolute atomic E-state index is 0. The molecule has 2 heterocycles. The fourth-order valence-electron chi connectivity index (χ4n) is 2.66. The Morgan fingerprint density at radius 1 is 1.23 bits per heavy atom. The summed E-state index contributed by atoms with van der Waals surface area (Å²) in [5.74, 6) is -3.55. The van der Waals surface area contributed by atoms with Crippen molar-refractivity contribution in [2.45, 2.75) is 32.4 Å². The smallest absolute Gasteiger partial charge is 0.163 e. The van der Waals surface area contributed by atoms with E-state index in [0.29, 0.717) is 6.07 Å². The predicted molar refractivity (Wildman–Crippen MR) is 85.2 cm³/mol. The second-order valence-corrected chi connectivity index (χ2v) is 5.53. The number of rotatable bonds is 5. The summed E-state index contributed by atoms with van der Waals surface area (Å²) >= 11 is 0. The van der Waals surface area contributed by atoms with Crippen molar-refractivity contribution < 1.29 is 18.3 Å². The minimum atomic E-state index is -2.00. The topological polar surface area (TPSA) is 89.6 Å². The zero-order chi connectivity index (χ0) is 18.0. The fourth-order valence-corrected chi connectivity index (χ4v) is 2.66. The zero-order valence-electron chi connectivity index (χ0n) is 13.0. The molecular weight excluding hydrogens is 349 g/mol. The van der Waals surface area contributed by atoms with E-state index in [-0.39, 0.29) is 25.2 Å². The Hall–Kier alpha value is -2.88. The monoisotopic (exact) mass is 366 g/mol. The first-order valence-corrected chi connectivity index (χ1v) is 7.26. The molecule has 0 aliphatic rings. The molecule has 1 aromatic carbocycles. The molecule has 0 fully saturated rings. The van der Waals surface area contributed by atoms with Crippen LogP contribution in [0.4, 0.5) is 13.2 Å². The van der Waals surface area contributed by atoms with Crippen molar-refractivity contribution in [1.29, 1.82) is 0 Å². The molecule has 26 heavy (non-hydrogen) atoms. The van der Waals surface area contributed by atoms with E-state index in [4.69, 9.17) is 0 Å². The quantitative estimate of drug-likeness (QED) is 0.745. The highest BCUT2D eigenvalue weighted by Crippen LogP contribution is 2.39. The first-order valence-electron chi connectivity index (χ1n) is 7.26. The van der Waals surface area contributed by atoms with E-state index in [0.717, 1.165) is 24.7 Å². The van der Waals surface area contributed by atoms with Gasteiger partial charge in [0.2, 0.25) is 0 Å². The fraction of sp³-hybridized carbons (Fsp3) is 0.312. The van der Waals surface area contributed by atoms with Crippen LogP contribution in [-0.4, -0.2) is 35.3 Å². The molecule has 0 amide bonds. The molecule has 7 nitrogen and oxygen atoms in total.